The molecular weight excluding hydrogens is 448 g/mol. The van der Waals surface area contributed by atoms with Gasteiger partial charge in [-0.3, -0.25) is 4.57 Å². The lowest BCUT2D eigenvalue weighted by molar-refractivity contribution is -0.137. The minimum Gasteiger partial charge on any atom is -0.378 e. The smallest absolute Gasteiger partial charge is 0.378 e. The van der Waals surface area contributed by atoms with Crippen LogP contribution in [0.25, 0.3) is 0 Å². The normalized spacial score (nSPS) is 23.2. The Morgan fingerprint density at radius 1 is 1.09 bits per heavy atom. The summed E-state index contributed by atoms with van der Waals surface area (Å²) in [6, 6.07) is 11.9. The van der Waals surface area contributed by atoms with Gasteiger partial charge in [-0.2, -0.15) is 13.2 Å². The average molecular weight is 483 g/mol. The van der Waals surface area contributed by atoms with Crippen LogP contribution >= 0.6 is 7.52 Å². The highest BCUT2D eigenvalue weighted by molar-refractivity contribution is 7.68. The van der Waals surface area contributed by atoms with E-state index >= 15 is 0 Å². The van der Waals surface area contributed by atoms with Gasteiger partial charge in [0.25, 0.3) is 0 Å². The van der Waals surface area contributed by atoms with Gasteiger partial charge >= 0.3 is 13.7 Å². The second-order valence-corrected chi connectivity index (χ2v) is 11.7. The molecule has 0 spiro atoms. The summed E-state index contributed by atoms with van der Waals surface area (Å²) in [7, 11) is 0.0870. The maximum absolute atomic E-state index is 14.3. The SMILES string of the molecule is CC(C)[C@H]1CC[C@@H](C)C[C@@H]1O[P@@](=O)(Nc1cccc(C(F)(F)F)c1)c1ccc(N(C)C)cc1. The van der Waals surface area contributed by atoms with Crippen LogP contribution in [0.5, 0.6) is 0 Å². The lowest BCUT2D eigenvalue weighted by Crippen LogP contribution is -2.35. The van der Waals surface area contributed by atoms with Crippen molar-refractivity contribution in [3.05, 3.63) is 54.1 Å². The van der Waals surface area contributed by atoms with Gasteiger partial charge < -0.3 is 14.5 Å². The minimum atomic E-state index is -4.49. The lowest BCUT2D eigenvalue weighted by atomic mass is 9.75. The molecule has 2 aromatic rings. The van der Waals surface area contributed by atoms with Crippen molar-refractivity contribution in [3.8, 4) is 0 Å². The van der Waals surface area contributed by atoms with Crippen LogP contribution in [0, 0.1) is 17.8 Å². The van der Waals surface area contributed by atoms with Crippen molar-refractivity contribution in [1.29, 1.82) is 0 Å². The fraction of sp³-hybridized carbons (Fsp3) is 0.520. The van der Waals surface area contributed by atoms with Gasteiger partial charge in [-0.15, -0.1) is 0 Å². The molecule has 0 bridgehead atoms. The van der Waals surface area contributed by atoms with E-state index in [1.54, 1.807) is 12.1 Å². The molecule has 33 heavy (non-hydrogen) atoms. The van der Waals surface area contributed by atoms with Crippen LogP contribution in [0.1, 0.15) is 45.6 Å². The van der Waals surface area contributed by atoms with Crippen LogP contribution in [0.2, 0.25) is 0 Å². The third kappa shape index (κ3) is 6.33. The fourth-order valence-corrected chi connectivity index (χ4v) is 6.41. The molecule has 182 valence electrons. The van der Waals surface area contributed by atoms with Crippen molar-refractivity contribution in [2.45, 2.75) is 52.3 Å². The largest absolute Gasteiger partial charge is 0.416 e. The van der Waals surface area contributed by atoms with E-state index in [2.05, 4.69) is 25.9 Å². The van der Waals surface area contributed by atoms with Gasteiger partial charge in [0.1, 0.15) is 0 Å². The summed E-state index contributed by atoms with van der Waals surface area (Å²) in [6.07, 6.45) is -1.89. The third-order valence-corrected chi connectivity index (χ3v) is 8.52. The van der Waals surface area contributed by atoms with Gasteiger partial charge in [0.05, 0.1) is 17.0 Å². The van der Waals surface area contributed by atoms with Crippen molar-refractivity contribution in [2.75, 3.05) is 24.1 Å². The third-order valence-electron chi connectivity index (χ3n) is 6.42. The first kappa shape index (κ1) is 25.6. The maximum Gasteiger partial charge on any atom is 0.416 e. The van der Waals surface area contributed by atoms with E-state index in [0.29, 0.717) is 17.1 Å². The number of rotatable bonds is 7. The Bertz CT molecular complexity index is 976. The molecule has 4 atom stereocenters. The van der Waals surface area contributed by atoms with E-state index in [0.717, 1.165) is 37.1 Å². The number of benzene rings is 2. The number of nitrogens with one attached hydrogen (secondary N) is 1. The summed E-state index contributed by atoms with van der Waals surface area (Å²) in [5.74, 6) is 1.02. The topological polar surface area (TPSA) is 41.6 Å². The highest BCUT2D eigenvalue weighted by Gasteiger charge is 2.38. The Labute approximate surface area is 195 Å². The molecule has 1 aliphatic rings. The molecule has 8 heteroatoms. The molecule has 1 aliphatic carbocycles. The van der Waals surface area contributed by atoms with E-state index in [9.17, 15) is 17.7 Å². The number of nitrogens with zero attached hydrogens (tertiary/aromatic N) is 1. The molecule has 4 nitrogen and oxygen atoms in total. The summed E-state index contributed by atoms with van der Waals surface area (Å²) in [6.45, 7) is 6.42. The summed E-state index contributed by atoms with van der Waals surface area (Å²) >= 11 is 0. The van der Waals surface area contributed by atoms with Gasteiger partial charge in [-0.05, 0) is 73.1 Å². The fourth-order valence-electron chi connectivity index (χ4n) is 4.46. The quantitative estimate of drug-likeness (QED) is 0.425. The molecule has 1 fully saturated rings. The molecule has 0 aliphatic heterocycles. The second kappa shape index (κ2) is 10.1. The Balaban J connectivity index is 2.00. The highest BCUT2D eigenvalue weighted by atomic mass is 31.2. The van der Waals surface area contributed by atoms with E-state index in [4.69, 9.17) is 4.52 Å². The van der Waals surface area contributed by atoms with E-state index in [1.807, 2.05) is 31.1 Å². The summed E-state index contributed by atoms with van der Waals surface area (Å²) in [5, 5.41) is 3.31. The number of hydrogen-bond donors (Lipinski definition) is 1. The zero-order valence-electron chi connectivity index (χ0n) is 19.9. The van der Waals surface area contributed by atoms with Crippen molar-refractivity contribution in [3.63, 3.8) is 0 Å². The number of hydrogen-bond acceptors (Lipinski definition) is 3. The number of alkyl halides is 3. The lowest BCUT2D eigenvalue weighted by Gasteiger charge is -2.39. The zero-order valence-corrected chi connectivity index (χ0v) is 20.8. The summed E-state index contributed by atoms with van der Waals surface area (Å²) < 4.78 is 60.5. The van der Waals surface area contributed by atoms with Crippen LogP contribution in [0.4, 0.5) is 24.5 Å². The predicted molar refractivity (Wildman–Crippen MR) is 129 cm³/mol. The van der Waals surface area contributed by atoms with E-state index < -0.39 is 19.3 Å². The molecule has 0 unspecified atom stereocenters. The van der Waals surface area contributed by atoms with E-state index in [1.165, 1.54) is 12.1 Å². The highest BCUT2D eigenvalue weighted by Crippen LogP contribution is 2.51. The van der Waals surface area contributed by atoms with Gasteiger partial charge in [-0.1, -0.05) is 33.3 Å². The molecule has 0 saturated heterocycles. The van der Waals surface area contributed by atoms with Crippen LogP contribution in [-0.2, 0) is 15.3 Å². The first-order valence-corrected chi connectivity index (χ1v) is 13.0. The van der Waals surface area contributed by atoms with Gasteiger partial charge in [0.15, 0.2) is 0 Å². The summed E-state index contributed by atoms with van der Waals surface area (Å²) in [5.41, 5.74) is 0.249. The van der Waals surface area contributed by atoms with Crippen molar-refractivity contribution < 1.29 is 22.3 Å². The van der Waals surface area contributed by atoms with Crippen molar-refractivity contribution in [2.24, 2.45) is 17.8 Å². The van der Waals surface area contributed by atoms with Crippen molar-refractivity contribution >= 4 is 24.2 Å². The predicted octanol–water partition coefficient (Wildman–Crippen LogP) is 7.18. The Kier molecular flexibility index (Phi) is 7.85. The Morgan fingerprint density at radius 2 is 1.76 bits per heavy atom. The Morgan fingerprint density at radius 3 is 2.33 bits per heavy atom. The van der Waals surface area contributed by atoms with Crippen molar-refractivity contribution in [1.82, 2.24) is 0 Å². The zero-order chi connectivity index (χ0) is 24.4. The minimum absolute atomic E-state index is 0.120. The van der Waals surface area contributed by atoms with Crippen LogP contribution in [0.3, 0.4) is 0 Å². The standard InChI is InChI=1S/C25H34F3N2O2P/c1-17(2)23-14-9-18(3)15-24(23)32-33(31,22-12-10-21(11-13-22)30(4)5)29-20-8-6-7-19(16-20)25(26,27)28/h6-8,10-13,16-18,23-24H,9,14-15H2,1-5H3,(H,29,31)/t18-,23-,24+,33-/m1/s1. The summed E-state index contributed by atoms with van der Waals surface area (Å²) in [4.78, 5) is 1.92. The molecule has 0 amide bonds. The average Bonchev–Trinajstić information content (AvgIpc) is 2.73. The molecular formula is C25H34F3N2O2P. The first-order chi connectivity index (χ1) is 15.4. The number of halogens is 3. The molecule has 0 heterocycles. The van der Waals surface area contributed by atoms with Crippen LogP contribution < -0.4 is 15.3 Å². The first-order valence-electron chi connectivity index (χ1n) is 11.4. The van der Waals surface area contributed by atoms with Crippen LogP contribution in [0.15, 0.2) is 48.5 Å². The Hall–Kier alpha value is -1.98. The second-order valence-electron chi connectivity index (χ2n) is 9.62. The monoisotopic (exact) mass is 482 g/mol. The van der Waals surface area contributed by atoms with Gasteiger partial charge in [0, 0.05) is 25.5 Å². The molecule has 0 aromatic heterocycles. The van der Waals surface area contributed by atoms with Gasteiger partial charge in [0.2, 0.25) is 0 Å². The molecule has 3 rings (SSSR count). The molecule has 1 N–H and O–H groups in total. The molecule has 0 radical (unpaired) electrons. The maximum atomic E-state index is 14.3. The van der Waals surface area contributed by atoms with Gasteiger partial charge in [-0.25, -0.2) is 0 Å². The number of anilines is 2. The van der Waals surface area contributed by atoms with E-state index in [-0.39, 0.29) is 17.7 Å². The molecule has 1 saturated carbocycles. The van der Waals surface area contributed by atoms with Crippen LogP contribution in [-0.4, -0.2) is 20.2 Å². The molecule has 2 aromatic carbocycles.